The van der Waals surface area contributed by atoms with Gasteiger partial charge in [0.05, 0.1) is 12.3 Å². The van der Waals surface area contributed by atoms with Crippen molar-refractivity contribution >= 4 is 22.5 Å². The van der Waals surface area contributed by atoms with Gasteiger partial charge in [-0.2, -0.15) is 0 Å². The number of hydrogen-bond donors (Lipinski definition) is 1. The van der Waals surface area contributed by atoms with Crippen LogP contribution in [0.15, 0.2) is 30.5 Å². The zero-order chi connectivity index (χ0) is 19.3. The summed E-state index contributed by atoms with van der Waals surface area (Å²) in [5.74, 6) is 1.13. The summed E-state index contributed by atoms with van der Waals surface area (Å²) in [4.78, 5) is 17.6. The Morgan fingerprint density at radius 1 is 1.22 bits per heavy atom. The summed E-state index contributed by atoms with van der Waals surface area (Å²) in [6.07, 6.45) is 6.52. The number of nitrogens with zero attached hydrogens (tertiary/aromatic N) is 1. The minimum absolute atomic E-state index is 0.0509. The molecule has 0 atom stereocenters. The number of nitrogens with one attached hydrogen (secondary N) is 1. The highest BCUT2D eigenvalue weighted by Crippen LogP contribution is 2.35. The summed E-state index contributed by atoms with van der Waals surface area (Å²) >= 11 is 0. The average Bonchev–Trinajstić information content (AvgIpc) is 2.68. The summed E-state index contributed by atoms with van der Waals surface area (Å²) in [5, 5.41) is 4.00. The van der Waals surface area contributed by atoms with Crippen molar-refractivity contribution in [1.82, 2.24) is 4.98 Å². The van der Waals surface area contributed by atoms with Crippen molar-refractivity contribution in [1.29, 1.82) is 0 Å². The number of anilines is 1. The van der Waals surface area contributed by atoms with Crippen LogP contribution in [-0.2, 0) is 9.53 Å². The van der Waals surface area contributed by atoms with Crippen LogP contribution in [0.5, 0.6) is 5.75 Å². The topological polar surface area (TPSA) is 60.5 Å². The second-order valence-corrected chi connectivity index (χ2v) is 7.66. The molecule has 1 aromatic heterocycles. The van der Waals surface area contributed by atoms with Crippen LogP contribution in [0, 0.1) is 5.92 Å². The molecule has 1 aromatic carbocycles. The van der Waals surface area contributed by atoms with Crippen molar-refractivity contribution in [3.05, 3.63) is 30.5 Å². The lowest BCUT2D eigenvalue weighted by molar-refractivity contribution is -0.145. The lowest BCUT2D eigenvalue weighted by Gasteiger charge is -2.35. The van der Waals surface area contributed by atoms with E-state index < -0.39 is 5.60 Å². The number of aromatic nitrogens is 1. The third kappa shape index (κ3) is 4.41. The van der Waals surface area contributed by atoms with Crippen LogP contribution in [0.1, 0.15) is 52.9 Å². The van der Waals surface area contributed by atoms with Gasteiger partial charge in [-0.1, -0.05) is 33.1 Å². The van der Waals surface area contributed by atoms with E-state index in [0.29, 0.717) is 19.1 Å². The quantitative estimate of drug-likeness (QED) is 0.749. The Morgan fingerprint density at radius 2 is 2.00 bits per heavy atom. The Labute approximate surface area is 161 Å². The number of hydrogen-bond acceptors (Lipinski definition) is 4. The van der Waals surface area contributed by atoms with E-state index in [1.165, 1.54) is 0 Å². The van der Waals surface area contributed by atoms with Gasteiger partial charge in [-0.15, -0.1) is 0 Å². The van der Waals surface area contributed by atoms with Gasteiger partial charge >= 0.3 is 0 Å². The largest absolute Gasteiger partial charge is 0.491 e. The smallest absolute Gasteiger partial charge is 0.256 e. The number of amides is 1. The van der Waals surface area contributed by atoms with Gasteiger partial charge in [0, 0.05) is 18.2 Å². The van der Waals surface area contributed by atoms with Crippen molar-refractivity contribution < 1.29 is 14.3 Å². The SMILES string of the molecule is CCOC1(C(=O)Nc2ccc(OCC(C)C)c3ncccc23)CCCCC1. The summed E-state index contributed by atoms with van der Waals surface area (Å²) in [5.41, 5.74) is 0.809. The molecular formula is C22H30N2O3. The molecule has 3 rings (SSSR count). The number of benzene rings is 1. The second kappa shape index (κ2) is 8.70. The first-order valence-electron chi connectivity index (χ1n) is 10.0. The first-order chi connectivity index (χ1) is 13.1. The highest BCUT2D eigenvalue weighted by atomic mass is 16.5. The minimum atomic E-state index is -0.714. The Balaban J connectivity index is 1.88. The van der Waals surface area contributed by atoms with Gasteiger partial charge in [0.1, 0.15) is 16.9 Å². The van der Waals surface area contributed by atoms with Crippen LogP contribution < -0.4 is 10.1 Å². The van der Waals surface area contributed by atoms with E-state index in [0.717, 1.165) is 54.4 Å². The zero-order valence-electron chi connectivity index (χ0n) is 16.6. The zero-order valence-corrected chi connectivity index (χ0v) is 16.6. The van der Waals surface area contributed by atoms with E-state index in [9.17, 15) is 4.79 Å². The number of carbonyl (C=O) groups excluding carboxylic acids is 1. The molecule has 1 aliphatic rings. The maximum absolute atomic E-state index is 13.1. The van der Waals surface area contributed by atoms with Gasteiger partial charge in [-0.3, -0.25) is 9.78 Å². The van der Waals surface area contributed by atoms with Gasteiger partial charge < -0.3 is 14.8 Å². The molecule has 27 heavy (non-hydrogen) atoms. The van der Waals surface area contributed by atoms with Crippen LogP contribution in [0.2, 0.25) is 0 Å². The van der Waals surface area contributed by atoms with Crippen molar-refractivity contribution in [3.8, 4) is 5.75 Å². The number of carbonyl (C=O) groups is 1. The normalized spacial score (nSPS) is 16.4. The van der Waals surface area contributed by atoms with Gasteiger partial charge in [0.25, 0.3) is 5.91 Å². The monoisotopic (exact) mass is 370 g/mol. The van der Waals surface area contributed by atoms with Crippen molar-refractivity contribution in [3.63, 3.8) is 0 Å². The fraction of sp³-hybridized carbons (Fsp3) is 0.545. The molecule has 0 saturated heterocycles. The number of ether oxygens (including phenoxy) is 2. The molecule has 2 aromatic rings. The molecule has 0 radical (unpaired) electrons. The predicted molar refractivity (Wildman–Crippen MR) is 108 cm³/mol. The average molecular weight is 370 g/mol. The predicted octanol–water partition coefficient (Wildman–Crippen LogP) is 4.95. The molecule has 0 aliphatic heterocycles. The van der Waals surface area contributed by atoms with Crippen LogP contribution in [-0.4, -0.2) is 29.7 Å². The van der Waals surface area contributed by atoms with Crippen LogP contribution in [0.25, 0.3) is 10.9 Å². The van der Waals surface area contributed by atoms with E-state index in [1.54, 1.807) is 6.20 Å². The molecule has 5 heteroatoms. The lowest BCUT2D eigenvalue weighted by atomic mass is 9.83. The maximum Gasteiger partial charge on any atom is 0.256 e. The van der Waals surface area contributed by atoms with Gasteiger partial charge in [0.2, 0.25) is 0 Å². The summed E-state index contributed by atoms with van der Waals surface area (Å²) < 4.78 is 11.9. The molecule has 5 nitrogen and oxygen atoms in total. The first kappa shape index (κ1) is 19.6. The van der Waals surface area contributed by atoms with Crippen LogP contribution in [0.4, 0.5) is 5.69 Å². The van der Waals surface area contributed by atoms with Crippen LogP contribution >= 0.6 is 0 Å². The Bertz CT molecular complexity index is 777. The molecule has 146 valence electrons. The summed E-state index contributed by atoms with van der Waals surface area (Å²) in [6, 6.07) is 7.64. The molecule has 0 spiro atoms. The molecule has 1 amide bonds. The second-order valence-electron chi connectivity index (χ2n) is 7.66. The molecule has 1 N–H and O–H groups in total. The van der Waals surface area contributed by atoms with Gasteiger partial charge in [-0.25, -0.2) is 0 Å². The minimum Gasteiger partial charge on any atom is -0.491 e. The van der Waals surface area contributed by atoms with Gasteiger partial charge in [0.15, 0.2) is 0 Å². The van der Waals surface area contributed by atoms with Crippen molar-refractivity contribution in [2.24, 2.45) is 5.92 Å². The fourth-order valence-electron chi connectivity index (χ4n) is 3.70. The number of pyridine rings is 1. The molecular weight excluding hydrogens is 340 g/mol. The standard InChI is InChI=1S/C22H30N2O3/c1-4-27-22(12-6-5-7-13-22)21(25)24-18-10-11-19(26-15-16(2)3)20-17(18)9-8-14-23-20/h8-11,14,16H,4-7,12-13,15H2,1-3H3,(H,24,25). The van der Waals surface area contributed by atoms with Crippen molar-refractivity contribution in [2.75, 3.05) is 18.5 Å². The maximum atomic E-state index is 13.1. The van der Waals surface area contributed by atoms with Gasteiger partial charge in [-0.05, 0) is 49.9 Å². The Kier molecular flexibility index (Phi) is 6.32. The van der Waals surface area contributed by atoms with Crippen LogP contribution in [0.3, 0.4) is 0 Å². The molecule has 1 saturated carbocycles. The summed E-state index contributed by atoms with van der Waals surface area (Å²) in [7, 11) is 0. The number of fused-ring (bicyclic) bond motifs is 1. The van der Waals surface area contributed by atoms with E-state index in [4.69, 9.17) is 9.47 Å². The van der Waals surface area contributed by atoms with E-state index >= 15 is 0 Å². The van der Waals surface area contributed by atoms with Crippen molar-refractivity contribution in [2.45, 2.75) is 58.5 Å². The Hall–Kier alpha value is -2.14. The molecule has 1 heterocycles. The lowest BCUT2D eigenvalue weighted by Crippen LogP contribution is -2.47. The number of rotatable bonds is 7. The molecule has 1 aliphatic carbocycles. The summed E-state index contributed by atoms with van der Waals surface area (Å²) in [6.45, 7) is 7.34. The third-order valence-electron chi connectivity index (χ3n) is 5.05. The Morgan fingerprint density at radius 3 is 2.70 bits per heavy atom. The molecule has 0 unspecified atom stereocenters. The van der Waals surface area contributed by atoms with E-state index in [1.807, 2.05) is 31.2 Å². The highest BCUT2D eigenvalue weighted by Gasteiger charge is 2.40. The highest BCUT2D eigenvalue weighted by molar-refractivity contribution is 6.05. The molecule has 0 bridgehead atoms. The van der Waals surface area contributed by atoms with E-state index in [2.05, 4.69) is 24.1 Å². The fourth-order valence-corrected chi connectivity index (χ4v) is 3.70. The third-order valence-corrected chi connectivity index (χ3v) is 5.05. The molecule has 1 fully saturated rings. The first-order valence-corrected chi connectivity index (χ1v) is 10.0. The van der Waals surface area contributed by atoms with E-state index in [-0.39, 0.29) is 5.91 Å².